The quantitative estimate of drug-likeness (QED) is 0.334. The van der Waals surface area contributed by atoms with E-state index in [4.69, 9.17) is 23.2 Å². The van der Waals surface area contributed by atoms with Gasteiger partial charge in [-0.1, -0.05) is 0 Å². The van der Waals surface area contributed by atoms with Crippen molar-refractivity contribution in [3.8, 4) is 0 Å². The number of alkyl halides is 2. The standard InChI is InChI=1S/C18H24Cl2Se/c19-15-9-11-3-1-5-13(7-11)17(15)21-18-14-6-2-4-12(8-14)10-16(18)20/h1-4,11-18H,5-10H2. The summed E-state index contributed by atoms with van der Waals surface area (Å²) < 4.78 is 0. The Morgan fingerprint density at radius 3 is 1.67 bits per heavy atom. The summed E-state index contributed by atoms with van der Waals surface area (Å²) in [6, 6.07) is 0. The van der Waals surface area contributed by atoms with E-state index < -0.39 is 0 Å². The molecule has 8 atom stereocenters. The Morgan fingerprint density at radius 2 is 1.19 bits per heavy atom. The third-order valence-corrected chi connectivity index (χ3v) is 11.8. The van der Waals surface area contributed by atoms with Crippen LogP contribution in [0.3, 0.4) is 0 Å². The van der Waals surface area contributed by atoms with Crippen molar-refractivity contribution in [1.82, 2.24) is 0 Å². The van der Waals surface area contributed by atoms with Gasteiger partial charge in [0.2, 0.25) is 0 Å². The van der Waals surface area contributed by atoms with Crippen LogP contribution in [0.2, 0.25) is 9.63 Å². The molecule has 0 aromatic rings. The summed E-state index contributed by atoms with van der Waals surface area (Å²) in [5, 5.41) is 0.804. The van der Waals surface area contributed by atoms with Crippen LogP contribution in [0.15, 0.2) is 24.3 Å². The van der Waals surface area contributed by atoms with Crippen LogP contribution in [-0.4, -0.2) is 25.7 Å². The van der Waals surface area contributed by atoms with Crippen molar-refractivity contribution in [1.29, 1.82) is 0 Å². The Balaban J connectivity index is 1.49. The van der Waals surface area contributed by atoms with Gasteiger partial charge in [-0.15, -0.1) is 0 Å². The molecule has 8 unspecified atom stereocenters. The van der Waals surface area contributed by atoms with Crippen molar-refractivity contribution in [2.24, 2.45) is 23.7 Å². The minimum absolute atomic E-state index is 0.402. The zero-order valence-electron chi connectivity index (χ0n) is 12.3. The van der Waals surface area contributed by atoms with Gasteiger partial charge in [0.15, 0.2) is 0 Å². The van der Waals surface area contributed by atoms with Gasteiger partial charge in [0, 0.05) is 0 Å². The van der Waals surface area contributed by atoms with E-state index in [-0.39, 0.29) is 0 Å². The molecule has 21 heavy (non-hydrogen) atoms. The molecule has 4 aliphatic rings. The molecule has 4 aliphatic carbocycles. The third-order valence-electron chi connectivity index (χ3n) is 5.92. The van der Waals surface area contributed by atoms with E-state index in [1.54, 1.807) is 0 Å². The predicted molar refractivity (Wildman–Crippen MR) is 92.5 cm³/mol. The molecule has 4 rings (SSSR count). The molecule has 0 heterocycles. The van der Waals surface area contributed by atoms with Crippen molar-refractivity contribution < 1.29 is 0 Å². The van der Waals surface area contributed by atoms with Crippen molar-refractivity contribution in [2.75, 3.05) is 0 Å². The summed E-state index contributed by atoms with van der Waals surface area (Å²) in [6.45, 7) is 0. The molecule has 0 spiro atoms. The minimum atomic E-state index is 0.402. The van der Waals surface area contributed by atoms with E-state index in [0.717, 1.165) is 33.3 Å². The van der Waals surface area contributed by atoms with Gasteiger partial charge in [-0.05, 0) is 0 Å². The Kier molecular flexibility index (Phi) is 4.49. The fourth-order valence-electron chi connectivity index (χ4n) is 4.92. The van der Waals surface area contributed by atoms with Crippen LogP contribution in [0.25, 0.3) is 0 Å². The number of hydrogen-bond acceptors (Lipinski definition) is 0. The molecule has 0 radical (unpaired) electrons. The average Bonchev–Trinajstić information content (AvgIpc) is 2.46. The van der Waals surface area contributed by atoms with Gasteiger partial charge < -0.3 is 0 Å². The van der Waals surface area contributed by atoms with Crippen molar-refractivity contribution in [3.63, 3.8) is 0 Å². The average molecular weight is 390 g/mol. The molecule has 0 aromatic carbocycles. The molecular formula is C18H24Cl2Se. The number of hydrogen-bond donors (Lipinski definition) is 0. The topological polar surface area (TPSA) is 0 Å². The second-order valence-corrected chi connectivity index (χ2v) is 11.4. The van der Waals surface area contributed by atoms with E-state index in [1.165, 1.54) is 38.5 Å². The van der Waals surface area contributed by atoms with E-state index in [1.807, 2.05) is 0 Å². The maximum absolute atomic E-state index is 6.81. The molecule has 0 N–H and O–H groups in total. The molecule has 0 amide bonds. The molecule has 0 nitrogen and oxygen atoms in total. The summed E-state index contributed by atoms with van der Waals surface area (Å²) in [5.74, 6) is 3.21. The molecule has 116 valence electrons. The van der Waals surface area contributed by atoms with Crippen LogP contribution < -0.4 is 0 Å². The second-order valence-electron chi connectivity index (χ2n) is 7.41. The van der Waals surface area contributed by atoms with Crippen molar-refractivity contribution in [3.05, 3.63) is 24.3 Å². The van der Waals surface area contributed by atoms with Gasteiger partial charge in [0.1, 0.15) is 0 Å². The van der Waals surface area contributed by atoms with Crippen molar-refractivity contribution in [2.45, 2.75) is 58.9 Å². The molecule has 2 fully saturated rings. The Morgan fingerprint density at radius 1 is 0.714 bits per heavy atom. The second kappa shape index (κ2) is 6.23. The fraction of sp³-hybridized carbons (Fsp3) is 0.778. The number of halogens is 2. The summed E-state index contributed by atoms with van der Waals surface area (Å²) in [4.78, 5) is 1.52. The Bertz CT molecular complexity index is 406. The first-order chi connectivity index (χ1) is 10.2. The fourth-order valence-corrected chi connectivity index (χ4v) is 10.2. The number of fused-ring (bicyclic) bond motifs is 4. The van der Waals surface area contributed by atoms with Gasteiger partial charge in [-0.3, -0.25) is 0 Å². The van der Waals surface area contributed by atoms with Gasteiger partial charge in [-0.25, -0.2) is 0 Å². The zero-order valence-corrected chi connectivity index (χ0v) is 15.6. The van der Waals surface area contributed by atoms with E-state index in [2.05, 4.69) is 24.3 Å². The van der Waals surface area contributed by atoms with E-state index >= 15 is 0 Å². The Labute approximate surface area is 144 Å². The molecule has 0 saturated heterocycles. The predicted octanol–water partition coefficient (Wildman–Crippen LogP) is 5.45. The first-order valence-electron chi connectivity index (χ1n) is 8.47. The van der Waals surface area contributed by atoms with Gasteiger partial charge in [0.05, 0.1) is 0 Å². The normalized spacial score (nSPS) is 51.9. The summed E-state index contributed by atoms with van der Waals surface area (Å²) in [6.07, 6.45) is 17.4. The monoisotopic (exact) mass is 390 g/mol. The molecule has 4 bridgehead atoms. The maximum atomic E-state index is 6.81. The van der Waals surface area contributed by atoms with Gasteiger partial charge in [-0.2, -0.15) is 0 Å². The molecule has 0 aliphatic heterocycles. The molecular weight excluding hydrogens is 366 g/mol. The van der Waals surface area contributed by atoms with E-state index in [9.17, 15) is 0 Å². The van der Waals surface area contributed by atoms with Crippen LogP contribution >= 0.6 is 23.2 Å². The Hall–Kier alpha value is 0.579. The molecule has 0 aromatic heterocycles. The van der Waals surface area contributed by atoms with Gasteiger partial charge >= 0.3 is 145 Å². The van der Waals surface area contributed by atoms with E-state index in [0.29, 0.717) is 25.7 Å². The molecule has 2 saturated carbocycles. The third kappa shape index (κ3) is 3.01. The summed E-state index contributed by atoms with van der Waals surface area (Å²) >= 11 is 14.2. The SMILES string of the molecule is ClC1CC2C=CCC(C2)C1[Se]C1C(Cl)CC2C=CCC1C2. The first kappa shape index (κ1) is 15.1. The van der Waals surface area contributed by atoms with Crippen LogP contribution in [0.1, 0.15) is 38.5 Å². The van der Waals surface area contributed by atoms with Gasteiger partial charge in [0.25, 0.3) is 0 Å². The first-order valence-corrected chi connectivity index (χ1v) is 11.3. The summed E-state index contributed by atoms with van der Waals surface area (Å²) in [7, 11) is 0. The number of allylic oxidation sites excluding steroid dienone is 4. The van der Waals surface area contributed by atoms with Crippen LogP contribution in [0.5, 0.6) is 0 Å². The zero-order chi connectivity index (χ0) is 14.4. The summed E-state index contributed by atoms with van der Waals surface area (Å²) in [5.41, 5.74) is 0. The van der Waals surface area contributed by atoms with Crippen LogP contribution in [-0.2, 0) is 0 Å². The van der Waals surface area contributed by atoms with Crippen molar-refractivity contribution >= 4 is 38.2 Å². The molecule has 3 heteroatoms. The van der Waals surface area contributed by atoms with Crippen LogP contribution in [0.4, 0.5) is 0 Å². The number of rotatable bonds is 2. The van der Waals surface area contributed by atoms with Crippen LogP contribution in [0, 0.1) is 23.7 Å².